The van der Waals surface area contributed by atoms with Gasteiger partial charge in [-0.1, -0.05) is 0 Å². The topological polar surface area (TPSA) is 30.5 Å². The summed E-state index contributed by atoms with van der Waals surface area (Å²) in [5.41, 5.74) is 0.821. The number of benzene rings is 1. The SMILES string of the molecule is CNC(C)c1cc(F)ccc1OCCOC(C)C. The van der Waals surface area contributed by atoms with Crippen LogP contribution in [0.5, 0.6) is 5.75 Å². The van der Waals surface area contributed by atoms with Crippen molar-refractivity contribution in [3.63, 3.8) is 0 Å². The van der Waals surface area contributed by atoms with Crippen LogP contribution in [-0.2, 0) is 4.74 Å². The Morgan fingerprint density at radius 2 is 1.94 bits per heavy atom. The van der Waals surface area contributed by atoms with Crippen molar-refractivity contribution < 1.29 is 13.9 Å². The average molecular weight is 255 g/mol. The van der Waals surface area contributed by atoms with Gasteiger partial charge in [0.1, 0.15) is 18.2 Å². The Balaban J connectivity index is 2.63. The fourth-order valence-electron chi connectivity index (χ4n) is 1.58. The summed E-state index contributed by atoms with van der Waals surface area (Å²) in [7, 11) is 1.83. The van der Waals surface area contributed by atoms with Crippen LogP contribution in [0.1, 0.15) is 32.4 Å². The molecule has 1 atom stereocenters. The maximum Gasteiger partial charge on any atom is 0.124 e. The molecule has 0 fully saturated rings. The minimum atomic E-state index is -0.252. The Kier molecular flexibility index (Phi) is 6.09. The Hall–Kier alpha value is -1.13. The smallest absolute Gasteiger partial charge is 0.124 e. The fraction of sp³-hybridized carbons (Fsp3) is 0.571. The van der Waals surface area contributed by atoms with Gasteiger partial charge < -0.3 is 14.8 Å². The van der Waals surface area contributed by atoms with E-state index >= 15 is 0 Å². The molecule has 0 aliphatic rings. The second-order valence-corrected chi connectivity index (χ2v) is 4.46. The monoisotopic (exact) mass is 255 g/mol. The molecule has 0 aromatic heterocycles. The van der Waals surface area contributed by atoms with E-state index in [1.54, 1.807) is 6.07 Å². The van der Waals surface area contributed by atoms with Crippen LogP contribution in [0, 0.1) is 5.82 Å². The van der Waals surface area contributed by atoms with E-state index in [1.807, 2.05) is 27.8 Å². The largest absolute Gasteiger partial charge is 0.491 e. The van der Waals surface area contributed by atoms with Gasteiger partial charge in [0.05, 0.1) is 12.7 Å². The lowest BCUT2D eigenvalue weighted by molar-refractivity contribution is 0.0549. The average Bonchev–Trinajstić information content (AvgIpc) is 2.34. The molecule has 0 saturated carbocycles. The quantitative estimate of drug-likeness (QED) is 0.760. The lowest BCUT2D eigenvalue weighted by Gasteiger charge is -2.17. The zero-order valence-corrected chi connectivity index (χ0v) is 11.5. The van der Waals surface area contributed by atoms with Gasteiger partial charge in [-0.15, -0.1) is 0 Å². The maximum atomic E-state index is 13.2. The highest BCUT2D eigenvalue weighted by molar-refractivity contribution is 5.36. The molecule has 1 aromatic rings. The van der Waals surface area contributed by atoms with E-state index in [4.69, 9.17) is 9.47 Å². The Morgan fingerprint density at radius 1 is 1.22 bits per heavy atom. The predicted octanol–water partition coefficient (Wildman–Crippen LogP) is 2.91. The van der Waals surface area contributed by atoms with Crippen molar-refractivity contribution in [3.05, 3.63) is 29.6 Å². The van der Waals surface area contributed by atoms with Crippen molar-refractivity contribution in [2.45, 2.75) is 32.9 Å². The normalized spacial score (nSPS) is 12.8. The molecule has 0 spiro atoms. The lowest BCUT2D eigenvalue weighted by Crippen LogP contribution is -2.16. The first-order valence-corrected chi connectivity index (χ1v) is 6.25. The van der Waals surface area contributed by atoms with E-state index in [2.05, 4.69) is 5.32 Å². The summed E-state index contributed by atoms with van der Waals surface area (Å²) in [5, 5.41) is 3.08. The molecule has 0 saturated heterocycles. The van der Waals surface area contributed by atoms with Crippen LogP contribution in [0.15, 0.2) is 18.2 Å². The van der Waals surface area contributed by atoms with Crippen LogP contribution in [0.4, 0.5) is 4.39 Å². The molecule has 0 amide bonds. The zero-order valence-electron chi connectivity index (χ0n) is 11.5. The molecule has 0 aliphatic heterocycles. The third kappa shape index (κ3) is 4.63. The van der Waals surface area contributed by atoms with E-state index in [9.17, 15) is 4.39 Å². The number of rotatable bonds is 7. The Morgan fingerprint density at radius 3 is 2.56 bits per heavy atom. The number of nitrogens with one attached hydrogen (secondary N) is 1. The number of halogens is 1. The van der Waals surface area contributed by atoms with Gasteiger partial charge in [-0.3, -0.25) is 0 Å². The summed E-state index contributed by atoms with van der Waals surface area (Å²) in [6.07, 6.45) is 0.192. The van der Waals surface area contributed by atoms with Crippen molar-refractivity contribution in [3.8, 4) is 5.75 Å². The second kappa shape index (κ2) is 7.34. The molecular formula is C14H22FNO2. The van der Waals surface area contributed by atoms with Crippen molar-refractivity contribution in [2.75, 3.05) is 20.3 Å². The molecule has 1 unspecified atom stereocenters. The highest BCUT2D eigenvalue weighted by Gasteiger charge is 2.11. The molecule has 1 rings (SSSR count). The van der Waals surface area contributed by atoms with Gasteiger partial charge in [-0.25, -0.2) is 4.39 Å². The standard InChI is InChI=1S/C14H22FNO2/c1-10(2)17-7-8-18-14-6-5-12(15)9-13(14)11(3)16-4/h5-6,9-11,16H,7-8H2,1-4H3. The number of ether oxygens (including phenoxy) is 2. The first kappa shape index (κ1) is 14.9. The molecule has 3 nitrogen and oxygen atoms in total. The molecule has 0 aliphatic carbocycles. The van der Waals surface area contributed by atoms with Gasteiger partial charge in [0.15, 0.2) is 0 Å². The summed E-state index contributed by atoms with van der Waals surface area (Å²) < 4.78 is 24.3. The number of hydrogen-bond donors (Lipinski definition) is 1. The van der Waals surface area contributed by atoms with Crippen molar-refractivity contribution in [1.29, 1.82) is 0 Å². The van der Waals surface area contributed by atoms with Gasteiger partial charge in [0.25, 0.3) is 0 Å². The highest BCUT2D eigenvalue weighted by Crippen LogP contribution is 2.25. The minimum absolute atomic E-state index is 0.0433. The summed E-state index contributed by atoms with van der Waals surface area (Å²) in [4.78, 5) is 0. The van der Waals surface area contributed by atoms with E-state index in [-0.39, 0.29) is 18.0 Å². The summed E-state index contributed by atoms with van der Waals surface area (Å²) in [5.74, 6) is 0.448. The third-order valence-electron chi connectivity index (χ3n) is 2.66. The highest BCUT2D eigenvalue weighted by atomic mass is 19.1. The van der Waals surface area contributed by atoms with Gasteiger partial charge in [0.2, 0.25) is 0 Å². The van der Waals surface area contributed by atoms with Gasteiger partial charge in [-0.2, -0.15) is 0 Å². The van der Waals surface area contributed by atoms with Crippen LogP contribution < -0.4 is 10.1 Å². The van der Waals surface area contributed by atoms with Crippen LogP contribution in [0.3, 0.4) is 0 Å². The summed E-state index contributed by atoms with van der Waals surface area (Å²) in [6.45, 7) is 6.92. The third-order valence-corrected chi connectivity index (χ3v) is 2.66. The predicted molar refractivity (Wildman–Crippen MR) is 70.5 cm³/mol. The molecule has 102 valence electrons. The minimum Gasteiger partial charge on any atom is -0.491 e. The van der Waals surface area contributed by atoms with E-state index in [0.717, 1.165) is 5.56 Å². The van der Waals surface area contributed by atoms with Crippen molar-refractivity contribution in [1.82, 2.24) is 5.32 Å². The molecule has 0 bridgehead atoms. The Bertz CT molecular complexity index is 369. The lowest BCUT2D eigenvalue weighted by atomic mass is 10.1. The Labute approximate surface area is 108 Å². The van der Waals surface area contributed by atoms with Crippen LogP contribution in [0.2, 0.25) is 0 Å². The summed E-state index contributed by atoms with van der Waals surface area (Å²) in [6, 6.07) is 4.61. The molecule has 4 heteroatoms. The van der Waals surface area contributed by atoms with Gasteiger partial charge in [-0.05, 0) is 46.0 Å². The van der Waals surface area contributed by atoms with Gasteiger partial charge in [0, 0.05) is 11.6 Å². The second-order valence-electron chi connectivity index (χ2n) is 4.46. The molecule has 1 N–H and O–H groups in total. The summed E-state index contributed by atoms with van der Waals surface area (Å²) >= 11 is 0. The fourth-order valence-corrected chi connectivity index (χ4v) is 1.58. The van der Waals surface area contributed by atoms with Gasteiger partial charge >= 0.3 is 0 Å². The molecule has 0 heterocycles. The van der Waals surface area contributed by atoms with Crippen molar-refractivity contribution in [2.24, 2.45) is 0 Å². The first-order chi connectivity index (χ1) is 8.54. The van der Waals surface area contributed by atoms with Crippen LogP contribution >= 0.6 is 0 Å². The molecule has 0 radical (unpaired) electrons. The van der Waals surface area contributed by atoms with E-state index in [0.29, 0.717) is 19.0 Å². The maximum absolute atomic E-state index is 13.2. The molecule has 1 aromatic carbocycles. The number of hydrogen-bond acceptors (Lipinski definition) is 3. The van der Waals surface area contributed by atoms with Crippen molar-refractivity contribution >= 4 is 0 Å². The van der Waals surface area contributed by atoms with E-state index in [1.165, 1.54) is 12.1 Å². The first-order valence-electron chi connectivity index (χ1n) is 6.25. The van der Waals surface area contributed by atoms with E-state index < -0.39 is 0 Å². The zero-order chi connectivity index (χ0) is 13.5. The molecule has 18 heavy (non-hydrogen) atoms. The van der Waals surface area contributed by atoms with Crippen LogP contribution in [0.25, 0.3) is 0 Å². The molecular weight excluding hydrogens is 233 g/mol. The van der Waals surface area contributed by atoms with Crippen LogP contribution in [-0.4, -0.2) is 26.4 Å².